The van der Waals surface area contributed by atoms with Crippen LogP contribution in [0.5, 0.6) is 0 Å². The third kappa shape index (κ3) is 3.30. The number of rotatable bonds is 5. The maximum atomic E-state index is 11.6. The van der Waals surface area contributed by atoms with Gasteiger partial charge in [0.05, 0.1) is 18.6 Å². The zero-order chi connectivity index (χ0) is 12.8. The molecule has 1 aromatic rings. The average Bonchev–Trinajstić information content (AvgIpc) is 2.37. The van der Waals surface area contributed by atoms with E-state index in [2.05, 4.69) is 12.6 Å². The van der Waals surface area contributed by atoms with Crippen LogP contribution in [0.15, 0.2) is 24.3 Å². The summed E-state index contributed by atoms with van der Waals surface area (Å²) >= 11 is 3.89. The van der Waals surface area contributed by atoms with Crippen LogP contribution < -0.4 is 0 Å². The van der Waals surface area contributed by atoms with Crippen LogP contribution in [0.25, 0.3) is 0 Å². The van der Waals surface area contributed by atoms with Crippen molar-refractivity contribution in [3.8, 4) is 6.07 Å². The number of hydrogen-bond donors (Lipinski definition) is 3. The Morgan fingerprint density at radius 2 is 2.06 bits per heavy atom. The molecular weight excluding hydrogens is 238 g/mol. The van der Waals surface area contributed by atoms with E-state index in [1.165, 1.54) is 6.07 Å². The first-order chi connectivity index (χ1) is 8.11. The predicted octanol–water partition coefficient (Wildman–Crippen LogP) is 1.11. The van der Waals surface area contributed by atoms with Crippen LogP contribution >= 0.6 is 12.6 Å². The van der Waals surface area contributed by atoms with Gasteiger partial charge in [0.25, 0.3) is 0 Å². The first kappa shape index (κ1) is 13.7. The van der Waals surface area contributed by atoms with Gasteiger partial charge < -0.3 is 10.2 Å². The number of aliphatic hydroxyl groups is 2. The Morgan fingerprint density at radius 1 is 1.41 bits per heavy atom. The topological polar surface area (TPSA) is 81.3 Å². The molecule has 1 rings (SSSR count). The van der Waals surface area contributed by atoms with Crippen LogP contribution in [-0.2, 0) is 0 Å². The number of Topliss-reactive ketones (excluding diaryl/α,β-unsaturated/α-hetero) is 1. The third-order valence-corrected chi connectivity index (χ3v) is 2.75. The Morgan fingerprint density at radius 3 is 2.65 bits per heavy atom. The molecule has 4 nitrogen and oxygen atoms in total. The van der Waals surface area contributed by atoms with Crippen LogP contribution in [0.1, 0.15) is 28.4 Å². The molecule has 2 atom stereocenters. The molecule has 0 saturated carbocycles. The molecule has 0 aromatic heterocycles. The van der Waals surface area contributed by atoms with Gasteiger partial charge in [-0.05, 0) is 5.56 Å². The van der Waals surface area contributed by atoms with E-state index >= 15 is 0 Å². The zero-order valence-electron chi connectivity index (χ0n) is 9.08. The molecule has 2 unspecified atom stereocenters. The summed E-state index contributed by atoms with van der Waals surface area (Å²) in [6.07, 6.45) is -2.47. The largest absolute Gasteiger partial charge is 0.389 e. The molecule has 0 saturated heterocycles. The molecule has 0 aliphatic heterocycles. The summed E-state index contributed by atoms with van der Waals surface area (Å²) in [7, 11) is 0. The average molecular weight is 251 g/mol. The lowest BCUT2D eigenvalue weighted by Crippen LogP contribution is -2.21. The molecule has 0 bridgehead atoms. The van der Waals surface area contributed by atoms with Crippen LogP contribution in [0.4, 0.5) is 0 Å². The molecule has 0 amide bonds. The van der Waals surface area contributed by atoms with Crippen LogP contribution in [0, 0.1) is 11.3 Å². The molecule has 90 valence electrons. The predicted molar refractivity (Wildman–Crippen MR) is 65.8 cm³/mol. The minimum atomic E-state index is -1.17. The maximum absolute atomic E-state index is 11.6. The maximum Gasteiger partial charge on any atom is 0.177 e. The van der Waals surface area contributed by atoms with E-state index in [9.17, 15) is 15.0 Å². The quantitative estimate of drug-likeness (QED) is 0.541. The SMILES string of the molecule is N#CCC(=O)c1ccccc1C(O)C(O)CS. The van der Waals surface area contributed by atoms with Crippen molar-refractivity contribution >= 4 is 18.4 Å². The number of aliphatic hydroxyl groups excluding tert-OH is 2. The summed E-state index contributed by atoms with van der Waals surface area (Å²) in [4.78, 5) is 11.6. The number of thiol groups is 1. The Kier molecular flexibility index (Phi) is 5.16. The van der Waals surface area contributed by atoms with Crippen molar-refractivity contribution in [2.45, 2.75) is 18.6 Å². The standard InChI is InChI=1S/C12H13NO3S/c13-6-5-10(14)8-3-1-2-4-9(8)12(16)11(15)7-17/h1-4,11-12,15-17H,5,7H2. The van der Waals surface area contributed by atoms with Crippen molar-refractivity contribution in [3.05, 3.63) is 35.4 Å². The Hall–Kier alpha value is -1.35. The minimum Gasteiger partial charge on any atom is -0.389 e. The Balaban J connectivity index is 3.08. The summed E-state index contributed by atoms with van der Waals surface area (Å²) < 4.78 is 0. The highest BCUT2D eigenvalue weighted by Gasteiger charge is 2.22. The molecule has 2 N–H and O–H groups in total. The summed E-state index contributed by atoms with van der Waals surface area (Å²) in [5.74, 6) is -0.282. The smallest absolute Gasteiger partial charge is 0.177 e. The van der Waals surface area contributed by atoms with Crippen molar-refractivity contribution in [2.24, 2.45) is 0 Å². The van der Waals surface area contributed by atoms with E-state index < -0.39 is 12.2 Å². The molecule has 0 fully saturated rings. The molecule has 0 spiro atoms. The van der Waals surface area contributed by atoms with Crippen LogP contribution in [-0.4, -0.2) is 27.9 Å². The van der Waals surface area contributed by atoms with Gasteiger partial charge in [0.1, 0.15) is 6.10 Å². The van der Waals surface area contributed by atoms with E-state index in [1.54, 1.807) is 24.3 Å². The number of benzene rings is 1. The van der Waals surface area contributed by atoms with Crippen molar-refractivity contribution < 1.29 is 15.0 Å². The first-order valence-electron chi connectivity index (χ1n) is 5.08. The van der Waals surface area contributed by atoms with Gasteiger partial charge >= 0.3 is 0 Å². The second-order valence-electron chi connectivity index (χ2n) is 3.54. The number of ketones is 1. The number of nitrogens with zero attached hydrogens (tertiary/aromatic N) is 1. The molecule has 0 aliphatic carbocycles. The van der Waals surface area contributed by atoms with Crippen molar-refractivity contribution in [3.63, 3.8) is 0 Å². The first-order valence-corrected chi connectivity index (χ1v) is 5.71. The number of nitriles is 1. The molecule has 17 heavy (non-hydrogen) atoms. The van der Waals surface area contributed by atoms with Crippen molar-refractivity contribution in [1.82, 2.24) is 0 Å². The monoisotopic (exact) mass is 251 g/mol. The van der Waals surface area contributed by atoms with Crippen LogP contribution in [0.3, 0.4) is 0 Å². The van der Waals surface area contributed by atoms with Gasteiger partial charge in [0.15, 0.2) is 5.78 Å². The fourth-order valence-corrected chi connectivity index (χ4v) is 1.68. The van der Waals surface area contributed by atoms with E-state index in [4.69, 9.17) is 5.26 Å². The lowest BCUT2D eigenvalue weighted by atomic mass is 9.95. The second kappa shape index (κ2) is 6.40. The van der Waals surface area contributed by atoms with E-state index in [0.29, 0.717) is 5.56 Å². The van der Waals surface area contributed by atoms with E-state index in [-0.39, 0.29) is 23.5 Å². The van der Waals surface area contributed by atoms with Gasteiger partial charge in [0, 0.05) is 11.3 Å². The van der Waals surface area contributed by atoms with Crippen molar-refractivity contribution in [2.75, 3.05) is 5.75 Å². The summed E-state index contributed by atoms with van der Waals surface area (Å²) in [6.45, 7) is 0. The van der Waals surface area contributed by atoms with E-state index in [1.807, 2.05) is 0 Å². The fraction of sp³-hybridized carbons (Fsp3) is 0.333. The van der Waals surface area contributed by atoms with Crippen molar-refractivity contribution in [1.29, 1.82) is 5.26 Å². The molecule has 5 heteroatoms. The summed E-state index contributed by atoms with van der Waals surface area (Å²) in [5, 5.41) is 27.9. The highest BCUT2D eigenvalue weighted by atomic mass is 32.1. The number of carbonyl (C=O) groups is 1. The zero-order valence-corrected chi connectivity index (χ0v) is 9.97. The minimum absolute atomic E-state index is 0.0853. The highest BCUT2D eigenvalue weighted by molar-refractivity contribution is 7.80. The van der Waals surface area contributed by atoms with Gasteiger partial charge in [-0.25, -0.2) is 0 Å². The lowest BCUT2D eigenvalue weighted by molar-refractivity contribution is 0.0331. The lowest BCUT2D eigenvalue weighted by Gasteiger charge is -2.18. The van der Waals surface area contributed by atoms with E-state index in [0.717, 1.165) is 0 Å². The molecule has 1 aromatic carbocycles. The van der Waals surface area contributed by atoms with Gasteiger partial charge in [0.2, 0.25) is 0 Å². The number of carbonyl (C=O) groups excluding carboxylic acids is 1. The molecule has 0 aliphatic rings. The summed E-state index contributed by atoms with van der Waals surface area (Å²) in [6, 6.07) is 8.16. The highest BCUT2D eigenvalue weighted by Crippen LogP contribution is 2.22. The normalized spacial score (nSPS) is 13.8. The molecule has 0 radical (unpaired) electrons. The fourth-order valence-electron chi connectivity index (χ4n) is 1.48. The third-order valence-electron chi connectivity index (χ3n) is 2.37. The van der Waals surface area contributed by atoms with Crippen LogP contribution in [0.2, 0.25) is 0 Å². The molecule has 0 heterocycles. The summed E-state index contributed by atoms with van der Waals surface area (Å²) in [5.41, 5.74) is 0.594. The second-order valence-corrected chi connectivity index (χ2v) is 3.91. The Bertz CT molecular complexity index is 442. The molecular formula is C12H13NO3S. The van der Waals surface area contributed by atoms with Gasteiger partial charge in [-0.2, -0.15) is 17.9 Å². The van der Waals surface area contributed by atoms with Gasteiger partial charge in [-0.3, -0.25) is 4.79 Å². The Labute approximate surface area is 105 Å². The van der Waals surface area contributed by atoms with Gasteiger partial charge in [-0.15, -0.1) is 0 Å². The van der Waals surface area contributed by atoms with Gasteiger partial charge in [-0.1, -0.05) is 24.3 Å². The number of hydrogen-bond acceptors (Lipinski definition) is 5.